The predicted octanol–water partition coefficient (Wildman–Crippen LogP) is 3.61. The van der Waals surface area contributed by atoms with Gasteiger partial charge in [-0.1, -0.05) is 24.3 Å². The summed E-state index contributed by atoms with van der Waals surface area (Å²) >= 11 is 1.97. The summed E-state index contributed by atoms with van der Waals surface area (Å²) in [6, 6.07) is 10.6. The number of benzene rings is 1. The molecule has 0 saturated carbocycles. The molecule has 96 valence electrons. The van der Waals surface area contributed by atoms with Crippen LogP contribution in [0.2, 0.25) is 0 Å². The van der Waals surface area contributed by atoms with E-state index in [0.29, 0.717) is 0 Å². The summed E-state index contributed by atoms with van der Waals surface area (Å²) in [4.78, 5) is 0. The monoisotopic (exact) mass is 261 g/mol. The van der Waals surface area contributed by atoms with E-state index in [9.17, 15) is 0 Å². The molecule has 0 spiro atoms. The lowest BCUT2D eigenvalue weighted by atomic mass is 10.1. The van der Waals surface area contributed by atoms with Crippen molar-refractivity contribution < 1.29 is 4.42 Å². The van der Waals surface area contributed by atoms with E-state index < -0.39 is 0 Å². The van der Waals surface area contributed by atoms with Gasteiger partial charge in [0.05, 0.1) is 12.5 Å². The van der Waals surface area contributed by atoms with E-state index in [1.54, 1.807) is 12.5 Å². The molecule has 1 aromatic heterocycles. The minimum Gasteiger partial charge on any atom is -0.472 e. The molecule has 0 amide bonds. The standard InChI is InChI=1S/C15H19NOS/c1-13-4-2-3-5-15(13)12-18-9-7-16-10-14-6-8-17-11-14/h2-6,8,11,16H,7,9-10,12H2,1H3. The molecule has 1 aromatic carbocycles. The van der Waals surface area contributed by atoms with Crippen LogP contribution in [-0.4, -0.2) is 12.3 Å². The van der Waals surface area contributed by atoms with Crippen molar-refractivity contribution in [3.63, 3.8) is 0 Å². The fraction of sp³-hybridized carbons (Fsp3) is 0.333. The molecule has 18 heavy (non-hydrogen) atoms. The minimum atomic E-state index is 0.890. The molecule has 0 saturated heterocycles. The quantitative estimate of drug-likeness (QED) is 0.771. The third-order valence-electron chi connectivity index (χ3n) is 2.85. The van der Waals surface area contributed by atoms with Crippen molar-refractivity contribution in [3.8, 4) is 0 Å². The molecule has 1 heterocycles. The summed E-state index contributed by atoms with van der Waals surface area (Å²) < 4.78 is 5.02. The number of hydrogen-bond donors (Lipinski definition) is 1. The molecule has 0 aliphatic rings. The van der Waals surface area contributed by atoms with Crippen molar-refractivity contribution >= 4 is 11.8 Å². The van der Waals surface area contributed by atoms with Crippen LogP contribution in [0.15, 0.2) is 47.3 Å². The largest absolute Gasteiger partial charge is 0.472 e. The van der Waals surface area contributed by atoms with E-state index in [-0.39, 0.29) is 0 Å². The first-order valence-electron chi connectivity index (χ1n) is 6.20. The summed E-state index contributed by atoms with van der Waals surface area (Å²) in [5, 5.41) is 3.41. The molecule has 0 radical (unpaired) electrons. The van der Waals surface area contributed by atoms with Gasteiger partial charge in [0, 0.05) is 30.2 Å². The third-order valence-corrected chi connectivity index (χ3v) is 3.86. The zero-order chi connectivity index (χ0) is 12.6. The second-order valence-corrected chi connectivity index (χ2v) is 5.39. The minimum absolute atomic E-state index is 0.890. The topological polar surface area (TPSA) is 25.2 Å². The van der Waals surface area contributed by atoms with E-state index in [0.717, 1.165) is 24.6 Å². The first kappa shape index (κ1) is 13.2. The molecule has 2 aromatic rings. The van der Waals surface area contributed by atoms with Gasteiger partial charge < -0.3 is 9.73 Å². The zero-order valence-electron chi connectivity index (χ0n) is 10.7. The number of furan rings is 1. The van der Waals surface area contributed by atoms with Gasteiger partial charge in [0.15, 0.2) is 0 Å². The summed E-state index contributed by atoms with van der Waals surface area (Å²) in [5.74, 6) is 2.23. The van der Waals surface area contributed by atoms with Crippen LogP contribution in [0.5, 0.6) is 0 Å². The van der Waals surface area contributed by atoms with Crippen molar-refractivity contribution in [1.29, 1.82) is 0 Å². The Morgan fingerprint density at radius 2 is 2.11 bits per heavy atom. The van der Waals surface area contributed by atoms with Crippen molar-refractivity contribution in [1.82, 2.24) is 5.32 Å². The fourth-order valence-electron chi connectivity index (χ4n) is 1.72. The van der Waals surface area contributed by atoms with Crippen molar-refractivity contribution in [2.75, 3.05) is 12.3 Å². The highest BCUT2D eigenvalue weighted by Crippen LogP contribution is 2.15. The Balaban J connectivity index is 1.58. The molecule has 3 heteroatoms. The number of rotatable bonds is 7. The van der Waals surface area contributed by atoms with Crippen LogP contribution in [-0.2, 0) is 12.3 Å². The molecular weight excluding hydrogens is 242 g/mol. The summed E-state index contributed by atoms with van der Waals surface area (Å²) in [6.07, 6.45) is 3.50. The molecular formula is C15H19NOS. The van der Waals surface area contributed by atoms with Gasteiger partial charge in [0.2, 0.25) is 0 Å². The summed E-state index contributed by atoms with van der Waals surface area (Å²) in [6.45, 7) is 4.09. The molecule has 1 N–H and O–H groups in total. The van der Waals surface area contributed by atoms with E-state index >= 15 is 0 Å². The fourth-order valence-corrected chi connectivity index (χ4v) is 2.70. The van der Waals surface area contributed by atoms with Crippen LogP contribution >= 0.6 is 11.8 Å². The van der Waals surface area contributed by atoms with Crippen LogP contribution in [0, 0.1) is 6.92 Å². The Morgan fingerprint density at radius 3 is 2.89 bits per heavy atom. The van der Waals surface area contributed by atoms with Crippen LogP contribution in [0.25, 0.3) is 0 Å². The van der Waals surface area contributed by atoms with E-state index in [1.807, 2.05) is 17.8 Å². The lowest BCUT2D eigenvalue weighted by molar-refractivity contribution is 0.561. The first-order valence-corrected chi connectivity index (χ1v) is 7.36. The van der Waals surface area contributed by atoms with Crippen molar-refractivity contribution in [2.24, 2.45) is 0 Å². The molecule has 2 rings (SSSR count). The van der Waals surface area contributed by atoms with Gasteiger partial charge in [-0.05, 0) is 24.1 Å². The number of thioether (sulfide) groups is 1. The highest BCUT2D eigenvalue weighted by atomic mass is 32.2. The molecule has 0 fully saturated rings. The number of hydrogen-bond acceptors (Lipinski definition) is 3. The molecule has 0 atom stereocenters. The smallest absolute Gasteiger partial charge is 0.0947 e. The third kappa shape index (κ3) is 4.24. The van der Waals surface area contributed by atoms with Crippen LogP contribution in [0.4, 0.5) is 0 Å². The average Bonchev–Trinajstić information content (AvgIpc) is 2.89. The first-order chi connectivity index (χ1) is 8.86. The van der Waals surface area contributed by atoms with E-state index in [2.05, 4.69) is 36.5 Å². The van der Waals surface area contributed by atoms with E-state index in [1.165, 1.54) is 16.7 Å². The molecule has 0 aliphatic carbocycles. The highest BCUT2D eigenvalue weighted by molar-refractivity contribution is 7.98. The van der Waals surface area contributed by atoms with Crippen LogP contribution in [0.1, 0.15) is 16.7 Å². The number of nitrogens with one attached hydrogen (secondary N) is 1. The van der Waals surface area contributed by atoms with Crippen LogP contribution in [0.3, 0.4) is 0 Å². The number of aryl methyl sites for hydroxylation is 1. The SMILES string of the molecule is Cc1ccccc1CSCCNCc1ccoc1. The van der Waals surface area contributed by atoms with Gasteiger partial charge in [-0.25, -0.2) is 0 Å². The van der Waals surface area contributed by atoms with Gasteiger partial charge >= 0.3 is 0 Å². The molecule has 2 nitrogen and oxygen atoms in total. The van der Waals surface area contributed by atoms with Gasteiger partial charge in [0.1, 0.15) is 0 Å². The maximum absolute atomic E-state index is 5.02. The summed E-state index contributed by atoms with van der Waals surface area (Å²) in [7, 11) is 0. The van der Waals surface area contributed by atoms with Gasteiger partial charge in [-0.2, -0.15) is 11.8 Å². The van der Waals surface area contributed by atoms with Crippen LogP contribution < -0.4 is 5.32 Å². The second-order valence-electron chi connectivity index (χ2n) is 4.29. The summed E-state index contributed by atoms with van der Waals surface area (Å²) in [5.41, 5.74) is 4.03. The Bertz CT molecular complexity index is 453. The van der Waals surface area contributed by atoms with Gasteiger partial charge in [0.25, 0.3) is 0 Å². The van der Waals surface area contributed by atoms with Crippen molar-refractivity contribution in [2.45, 2.75) is 19.2 Å². The lowest BCUT2D eigenvalue weighted by Crippen LogP contribution is -2.16. The Labute approximate surface area is 113 Å². The van der Waals surface area contributed by atoms with E-state index in [4.69, 9.17) is 4.42 Å². The predicted molar refractivity (Wildman–Crippen MR) is 77.8 cm³/mol. The maximum Gasteiger partial charge on any atom is 0.0947 e. The Hall–Kier alpha value is -1.19. The van der Waals surface area contributed by atoms with Gasteiger partial charge in [-0.3, -0.25) is 0 Å². The Kier molecular flexibility index (Phi) is 5.36. The average molecular weight is 261 g/mol. The molecule has 0 aliphatic heterocycles. The normalized spacial score (nSPS) is 10.7. The molecule has 0 unspecified atom stereocenters. The molecule has 0 bridgehead atoms. The lowest BCUT2D eigenvalue weighted by Gasteiger charge is -2.06. The Morgan fingerprint density at radius 1 is 1.22 bits per heavy atom. The van der Waals surface area contributed by atoms with Crippen molar-refractivity contribution in [3.05, 3.63) is 59.5 Å². The van der Waals surface area contributed by atoms with Gasteiger partial charge in [-0.15, -0.1) is 0 Å². The highest BCUT2D eigenvalue weighted by Gasteiger charge is 1.97. The zero-order valence-corrected chi connectivity index (χ0v) is 11.5. The second kappa shape index (κ2) is 7.29. The maximum atomic E-state index is 5.02.